The van der Waals surface area contributed by atoms with Crippen molar-refractivity contribution in [3.63, 3.8) is 0 Å². The number of para-hydroxylation sites is 1. The lowest BCUT2D eigenvalue weighted by molar-refractivity contribution is 0.250. The minimum atomic E-state index is 0. The first-order chi connectivity index (χ1) is 7.86. The molecule has 0 N–H and O–H groups in total. The Hall–Kier alpha value is -0.440. The Labute approximate surface area is 115 Å². The van der Waals surface area contributed by atoms with Gasteiger partial charge in [-0.3, -0.25) is 0 Å². The maximum atomic E-state index is 5.71. The molecule has 4 heteroatoms. The second-order valence-electron chi connectivity index (χ2n) is 3.64. The Bertz CT molecular complexity index is 269. The Kier molecular flexibility index (Phi) is 10.4. The lowest BCUT2D eigenvalue weighted by atomic mass is 10.3. The Morgan fingerprint density at radius 3 is 2.47 bits per heavy atom. The van der Waals surface area contributed by atoms with E-state index >= 15 is 0 Å². The van der Waals surface area contributed by atoms with Gasteiger partial charge in [-0.05, 0) is 25.1 Å². The van der Waals surface area contributed by atoms with Crippen LogP contribution in [0.4, 0.5) is 0 Å². The first kappa shape index (κ1) is 16.6. The molecule has 0 aromatic heterocycles. The van der Waals surface area contributed by atoms with E-state index in [-0.39, 0.29) is 12.4 Å². The fourth-order valence-electron chi connectivity index (χ4n) is 1.54. The molecule has 0 unspecified atom stereocenters. The summed E-state index contributed by atoms with van der Waals surface area (Å²) in [5.74, 6) is 1.65. The highest BCUT2D eigenvalue weighted by Crippen LogP contribution is 2.08. The summed E-state index contributed by atoms with van der Waals surface area (Å²) < 4.78 is 5.62. The molecule has 1 aromatic carbocycles. The molecular weight excluding hydrogens is 257 g/mol. The van der Waals surface area contributed by atoms with Gasteiger partial charge in [-0.15, -0.1) is 24.0 Å². The molecule has 0 saturated heterocycles. The molecule has 0 radical (unpaired) electrons. The van der Waals surface area contributed by atoms with Crippen LogP contribution in [0.3, 0.4) is 0 Å². The molecule has 0 fully saturated rings. The van der Waals surface area contributed by atoms with E-state index < -0.39 is 0 Å². The van der Waals surface area contributed by atoms with E-state index in [0.717, 1.165) is 38.4 Å². The number of nitrogens with zero attached hydrogens (tertiary/aromatic N) is 1. The van der Waals surface area contributed by atoms with Crippen molar-refractivity contribution in [2.75, 3.05) is 32.1 Å². The van der Waals surface area contributed by atoms with Crippen LogP contribution in [-0.4, -0.2) is 37.0 Å². The number of hydrogen-bond donors (Lipinski definition) is 0. The van der Waals surface area contributed by atoms with E-state index in [1.54, 1.807) is 0 Å². The van der Waals surface area contributed by atoms with Gasteiger partial charge in [-0.1, -0.05) is 25.1 Å². The summed E-state index contributed by atoms with van der Waals surface area (Å²) in [5.41, 5.74) is 0. The summed E-state index contributed by atoms with van der Waals surface area (Å²) in [6.45, 7) is 5.99. The van der Waals surface area contributed by atoms with Crippen LogP contribution in [0.5, 0.6) is 5.75 Å². The monoisotopic (exact) mass is 277 g/mol. The molecular formula is C13H21Cl2NO. The number of alkyl halides is 1. The molecule has 0 saturated carbocycles. The van der Waals surface area contributed by atoms with Crippen molar-refractivity contribution in [2.24, 2.45) is 0 Å². The molecule has 2 nitrogen and oxygen atoms in total. The summed E-state index contributed by atoms with van der Waals surface area (Å²) in [5, 5.41) is 0. The van der Waals surface area contributed by atoms with Crippen molar-refractivity contribution in [3.8, 4) is 5.75 Å². The molecule has 0 heterocycles. The zero-order valence-electron chi connectivity index (χ0n) is 10.3. The maximum Gasteiger partial charge on any atom is 0.119 e. The fraction of sp³-hybridized carbons (Fsp3) is 0.538. The molecule has 0 aliphatic heterocycles. The highest BCUT2D eigenvalue weighted by molar-refractivity contribution is 6.18. The summed E-state index contributed by atoms with van der Waals surface area (Å²) in [7, 11) is 0. The number of halogens is 2. The summed E-state index contributed by atoms with van der Waals surface area (Å²) in [6, 6.07) is 9.93. The van der Waals surface area contributed by atoms with Crippen LogP contribution < -0.4 is 4.74 Å². The Balaban J connectivity index is 0.00000256. The normalized spacial score (nSPS) is 10.1. The highest BCUT2D eigenvalue weighted by atomic mass is 35.5. The van der Waals surface area contributed by atoms with E-state index in [1.165, 1.54) is 0 Å². The summed E-state index contributed by atoms with van der Waals surface area (Å²) in [4.78, 5) is 2.33. The predicted molar refractivity (Wildman–Crippen MR) is 76.6 cm³/mol. The number of benzene rings is 1. The van der Waals surface area contributed by atoms with E-state index in [9.17, 15) is 0 Å². The van der Waals surface area contributed by atoms with Crippen molar-refractivity contribution in [1.82, 2.24) is 4.90 Å². The summed E-state index contributed by atoms with van der Waals surface area (Å²) >= 11 is 5.71. The van der Waals surface area contributed by atoms with Crippen LogP contribution in [0.25, 0.3) is 0 Å². The minimum absolute atomic E-state index is 0. The van der Waals surface area contributed by atoms with Crippen molar-refractivity contribution < 1.29 is 4.74 Å². The van der Waals surface area contributed by atoms with Gasteiger partial charge in [0.05, 0.1) is 6.61 Å². The Morgan fingerprint density at radius 1 is 1.18 bits per heavy atom. The number of rotatable bonds is 8. The first-order valence-corrected chi connectivity index (χ1v) is 6.36. The lowest BCUT2D eigenvalue weighted by Gasteiger charge is -2.18. The smallest absolute Gasteiger partial charge is 0.119 e. The van der Waals surface area contributed by atoms with Gasteiger partial charge in [0, 0.05) is 19.0 Å². The van der Waals surface area contributed by atoms with Gasteiger partial charge < -0.3 is 9.64 Å². The van der Waals surface area contributed by atoms with Gasteiger partial charge in [0.2, 0.25) is 0 Å². The zero-order valence-corrected chi connectivity index (χ0v) is 11.8. The highest BCUT2D eigenvalue weighted by Gasteiger charge is 2.00. The molecule has 0 bridgehead atoms. The summed E-state index contributed by atoms with van der Waals surface area (Å²) in [6.07, 6.45) is 1.04. The van der Waals surface area contributed by atoms with Crippen LogP contribution in [0, 0.1) is 0 Å². The molecule has 1 rings (SSSR count). The maximum absolute atomic E-state index is 5.71. The third-order valence-electron chi connectivity index (χ3n) is 2.48. The van der Waals surface area contributed by atoms with Crippen molar-refractivity contribution in [3.05, 3.63) is 30.3 Å². The zero-order chi connectivity index (χ0) is 11.6. The van der Waals surface area contributed by atoms with Crippen molar-refractivity contribution >= 4 is 24.0 Å². The van der Waals surface area contributed by atoms with Gasteiger partial charge in [0.1, 0.15) is 5.75 Å². The van der Waals surface area contributed by atoms with Gasteiger partial charge in [-0.25, -0.2) is 0 Å². The SMILES string of the molecule is CCN(CCCl)CCCOc1ccccc1.Cl. The second-order valence-corrected chi connectivity index (χ2v) is 4.02. The molecule has 98 valence electrons. The third-order valence-corrected chi connectivity index (χ3v) is 2.65. The molecule has 0 spiro atoms. The van der Waals surface area contributed by atoms with E-state index in [0.29, 0.717) is 5.88 Å². The van der Waals surface area contributed by atoms with Crippen LogP contribution in [0.2, 0.25) is 0 Å². The van der Waals surface area contributed by atoms with Crippen molar-refractivity contribution in [2.45, 2.75) is 13.3 Å². The van der Waals surface area contributed by atoms with Gasteiger partial charge in [-0.2, -0.15) is 0 Å². The molecule has 0 atom stereocenters. The average Bonchev–Trinajstić information content (AvgIpc) is 2.34. The van der Waals surface area contributed by atoms with Gasteiger partial charge in [0.15, 0.2) is 0 Å². The quantitative estimate of drug-likeness (QED) is 0.533. The van der Waals surface area contributed by atoms with Crippen LogP contribution in [-0.2, 0) is 0 Å². The molecule has 17 heavy (non-hydrogen) atoms. The second kappa shape index (κ2) is 10.7. The van der Waals surface area contributed by atoms with Crippen LogP contribution in [0.1, 0.15) is 13.3 Å². The van der Waals surface area contributed by atoms with Crippen LogP contribution in [0.15, 0.2) is 30.3 Å². The topological polar surface area (TPSA) is 12.5 Å². The minimum Gasteiger partial charge on any atom is -0.494 e. The first-order valence-electron chi connectivity index (χ1n) is 5.83. The molecule has 0 aliphatic rings. The van der Waals surface area contributed by atoms with E-state index in [1.807, 2.05) is 30.3 Å². The number of hydrogen-bond acceptors (Lipinski definition) is 2. The third kappa shape index (κ3) is 7.48. The molecule has 1 aromatic rings. The van der Waals surface area contributed by atoms with Crippen LogP contribution >= 0.6 is 24.0 Å². The fourth-order valence-corrected chi connectivity index (χ4v) is 1.78. The van der Waals surface area contributed by atoms with Crippen molar-refractivity contribution in [1.29, 1.82) is 0 Å². The van der Waals surface area contributed by atoms with Gasteiger partial charge in [0.25, 0.3) is 0 Å². The van der Waals surface area contributed by atoms with E-state index in [2.05, 4.69) is 11.8 Å². The van der Waals surface area contributed by atoms with E-state index in [4.69, 9.17) is 16.3 Å². The predicted octanol–water partition coefficient (Wildman–Crippen LogP) is 3.44. The Morgan fingerprint density at radius 2 is 1.88 bits per heavy atom. The largest absolute Gasteiger partial charge is 0.494 e. The standard InChI is InChI=1S/C13H20ClNO.ClH/c1-2-15(11-9-14)10-6-12-16-13-7-4-3-5-8-13;/h3-5,7-8H,2,6,9-12H2,1H3;1H. The van der Waals surface area contributed by atoms with Gasteiger partial charge >= 0.3 is 0 Å². The molecule has 0 amide bonds. The molecule has 0 aliphatic carbocycles. The lowest BCUT2D eigenvalue weighted by Crippen LogP contribution is -2.27. The number of ether oxygens (including phenoxy) is 1. The average molecular weight is 278 g/mol.